The lowest BCUT2D eigenvalue weighted by molar-refractivity contribution is 0.239. The number of urea groups is 1. The first kappa shape index (κ1) is 17.5. The van der Waals surface area contributed by atoms with Gasteiger partial charge in [-0.2, -0.15) is 0 Å². The van der Waals surface area contributed by atoms with Crippen molar-refractivity contribution in [1.29, 1.82) is 0 Å². The maximum atomic E-state index is 12.2. The summed E-state index contributed by atoms with van der Waals surface area (Å²) in [4.78, 5) is 20.5. The molecule has 0 saturated carbocycles. The normalized spacial score (nSPS) is 17.1. The molecule has 2 aromatic rings. The smallest absolute Gasteiger partial charge is 0.321 e. The van der Waals surface area contributed by atoms with E-state index in [4.69, 9.17) is 0 Å². The number of nitrogens with zero attached hydrogens (tertiary/aromatic N) is 2. The van der Waals surface area contributed by atoms with E-state index < -0.39 is 0 Å². The van der Waals surface area contributed by atoms with Crippen LogP contribution in [-0.4, -0.2) is 35.5 Å². The van der Waals surface area contributed by atoms with Crippen LogP contribution in [-0.2, 0) is 25.8 Å². The maximum Gasteiger partial charge on any atom is 0.321 e. The van der Waals surface area contributed by atoms with Crippen LogP contribution in [0.25, 0.3) is 0 Å². The molecule has 0 spiro atoms. The summed E-state index contributed by atoms with van der Waals surface area (Å²) in [6.45, 7) is 3.55. The van der Waals surface area contributed by atoms with Gasteiger partial charge < -0.3 is 5.32 Å². The average Bonchev–Trinajstić information content (AvgIpc) is 2.89. The van der Waals surface area contributed by atoms with E-state index >= 15 is 0 Å². The fourth-order valence-corrected chi connectivity index (χ4v) is 4.84. The molecule has 0 radical (unpaired) electrons. The number of thiazole rings is 1. The Morgan fingerprint density at radius 3 is 2.88 bits per heavy atom. The molecule has 26 heavy (non-hydrogen) atoms. The van der Waals surface area contributed by atoms with Crippen LogP contribution in [0.2, 0.25) is 0 Å². The molecule has 0 atom stereocenters. The average molecular weight is 371 g/mol. The third-order valence-corrected chi connectivity index (χ3v) is 6.31. The molecule has 0 fully saturated rings. The molecule has 138 valence electrons. The van der Waals surface area contributed by atoms with Crippen LogP contribution in [0.1, 0.15) is 41.0 Å². The fraction of sp³-hybridized carbons (Fsp3) is 0.500. The topological polar surface area (TPSA) is 57.3 Å². The van der Waals surface area contributed by atoms with Crippen molar-refractivity contribution in [1.82, 2.24) is 15.2 Å². The van der Waals surface area contributed by atoms with E-state index in [2.05, 4.69) is 44.8 Å². The molecule has 1 aliphatic carbocycles. The molecule has 0 saturated heterocycles. The Hall–Kier alpha value is -1.92. The van der Waals surface area contributed by atoms with Crippen LogP contribution in [0.15, 0.2) is 24.3 Å². The number of hydrogen-bond acceptors (Lipinski definition) is 4. The molecule has 1 aromatic carbocycles. The van der Waals surface area contributed by atoms with Gasteiger partial charge in [0.25, 0.3) is 0 Å². The van der Waals surface area contributed by atoms with Gasteiger partial charge in [-0.3, -0.25) is 10.2 Å². The van der Waals surface area contributed by atoms with Crippen LogP contribution < -0.4 is 10.6 Å². The van der Waals surface area contributed by atoms with Crippen molar-refractivity contribution < 1.29 is 4.79 Å². The minimum absolute atomic E-state index is 0.147. The summed E-state index contributed by atoms with van der Waals surface area (Å²) in [6.07, 6.45) is 6.97. The van der Waals surface area contributed by atoms with Crippen LogP contribution >= 0.6 is 11.3 Å². The molecule has 0 bridgehead atoms. The highest BCUT2D eigenvalue weighted by Gasteiger charge is 2.17. The molecule has 5 nitrogen and oxygen atoms in total. The fourth-order valence-electron chi connectivity index (χ4n) is 3.80. The van der Waals surface area contributed by atoms with Gasteiger partial charge in [-0.05, 0) is 43.2 Å². The minimum Gasteiger partial charge on any atom is -0.337 e. The van der Waals surface area contributed by atoms with Gasteiger partial charge in [-0.1, -0.05) is 30.7 Å². The highest BCUT2D eigenvalue weighted by Crippen LogP contribution is 2.28. The zero-order chi connectivity index (χ0) is 17.8. The predicted octanol–water partition coefficient (Wildman–Crippen LogP) is 3.59. The number of rotatable bonds is 4. The molecule has 2 heterocycles. The summed E-state index contributed by atoms with van der Waals surface area (Å²) < 4.78 is 0. The van der Waals surface area contributed by atoms with E-state index in [1.165, 1.54) is 41.0 Å². The molecule has 0 unspecified atom stereocenters. The van der Waals surface area contributed by atoms with Gasteiger partial charge in [0.2, 0.25) is 0 Å². The minimum atomic E-state index is -0.147. The van der Waals surface area contributed by atoms with Crippen LogP contribution in [0.3, 0.4) is 0 Å². The molecule has 2 amide bonds. The van der Waals surface area contributed by atoms with Crippen LogP contribution in [0.5, 0.6) is 0 Å². The number of amides is 2. The molecular formula is C20H26N4OS. The van der Waals surface area contributed by atoms with Gasteiger partial charge in [0.1, 0.15) is 0 Å². The van der Waals surface area contributed by atoms with Gasteiger partial charge in [0, 0.05) is 31.1 Å². The lowest BCUT2D eigenvalue weighted by Crippen LogP contribution is -2.39. The lowest BCUT2D eigenvalue weighted by Gasteiger charge is -2.28. The Morgan fingerprint density at radius 1 is 1.12 bits per heavy atom. The molecule has 4 rings (SSSR count). The first-order chi connectivity index (χ1) is 12.8. The van der Waals surface area contributed by atoms with E-state index in [0.29, 0.717) is 6.54 Å². The van der Waals surface area contributed by atoms with Gasteiger partial charge in [0.15, 0.2) is 5.13 Å². The standard InChI is InChI=1S/C20H26N4OS/c25-19(23-20-22-17-8-2-1-3-9-18(17)26-20)21-11-13-24-12-10-15-6-4-5-7-16(15)14-24/h4-7H,1-3,8-14H2,(H2,21,22,23,25). The third kappa shape index (κ3) is 4.24. The van der Waals surface area contributed by atoms with Crippen molar-refractivity contribution in [3.05, 3.63) is 46.0 Å². The van der Waals surface area contributed by atoms with E-state index in [9.17, 15) is 4.79 Å². The number of carbonyl (C=O) groups is 1. The number of hydrogen-bond donors (Lipinski definition) is 2. The SMILES string of the molecule is O=C(NCCN1CCc2ccccc2C1)Nc1nc2c(s1)CCCCC2. The van der Waals surface area contributed by atoms with Crippen molar-refractivity contribution in [3.8, 4) is 0 Å². The van der Waals surface area contributed by atoms with Crippen LogP contribution in [0.4, 0.5) is 9.93 Å². The Kier molecular flexibility index (Phi) is 5.51. The summed E-state index contributed by atoms with van der Waals surface area (Å²) >= 11 is 1.64. The number of anilines is 1. The molecule has 2 aliphatic rings. The summed E-state index contributed by atoms with van der Waals surface area (Å²) in [7, 11) is 0. The number of carbonyl (C=O) groups excluding carboxylic acids is 1. The summed E-state index contributed by atoms with van der Waals surface area (Å²) in [6, 6.07) is 8.48. The van der Waals surface area contributed by atoms with Crippen molar-refractivity contribution in [3.63, 3.8) is 0 Å². The van der Waals surface area contributed by atoms with Crippen molar-refractivity contribution in [2.75, 3.05) is 25.0 Å². The highest BCUT2D eigenvalue weighted by atomic mass is 32.1. The van der Waals surface area contributed by atoms with Gasteiger partial charge in [-0.25, -0.2) is 9.78 Å². The van der Waals surface area contributed by atoms with Crippen molar-refractivity contribution in [2.24, 2.45) is 0 Å². The summed E-state index contributed by atoms with van der Waals surface area (Å²) in [5.74, 6) is 0. The van der Waals surface area contributed by atoms with Crippen molar-refractivity contribution >= 4 is 22.5 Å². The Morgan fingerprint density at radius 2 is 1.96 bits per heavy atom. The quantitative estimate of drug-likeness (QED) is 0.809. The number of aromatic nitrogens is 1. The zero-order valence-electron chi connectivity index (χ0n) is 15.1. The zero-order valence-corrected chi connectivity index (χ0v) is 15.9. The number of nitrogens with one attached hydrogen (secondary N) is 2. The van der Waals surface area contributed by atoms with E-state index in [1.807, 2.05) is 0 Å². The molecule has 2 N–H and O–H groups in total. The maximum absolute atomic E-state index is 12.2. The van der Waals surface area contributed by atoms with E-state index in [-0.39, 0.29) is 6.03 Å². The summed E-state index contributed by atoms with van der Waals surface area (Å²) in [5, 5.41) is 6.62. The largest absolute Gasteiger partial charge is 0.337 e. The summed E-state index contributed by atoms with van der Waals surface area (Å²) in [5.41, 5.74) is 4.06. The van der Waals surface area contributed by atoms with Gasteiger partial charge >= 0.3 is 6.03 Å². The van der Waals surface area contributed by atoms with Gasteiger partial charge in [0.05, 0.1) is 5.69 Å². The van der Waals surface area contributed by atoms with Gasteiger partial charge in [-0.15, -0.1) is 11.3 Å². The Bertz CT molecular complexity index is 749. The molecular weight excluding hydrogens is 344 g/mol. The van der Waals surface area contributed by atoms with Crippen molar-refractivity contribution in [2.45, 2.75) is 45.1 Å². The monoisotopic (exact) mass is 370 g/mol. The lowest BCUT2D eigenvalue weighted by atomic mass is 10.00. The molecule has 1 aromatic heterocycles. The number of benzene rings is 1. The Labute approximate surface area is 158 Å². The Balaban J connectivity index is 1.22. The highest BCUT2D eigenvalue weighted by molar-refractivity contribution is 7.15. The second-order valence-electron chi connectivity index (χ2n) is 7.13. The molecule has 1 aliphatic heterocycles. The van der Waals surface area contributed by atoms with Crippen LogP contribution in [0, 0.1) is 0 Å². The van der Waals surface area contributed by atoms with E-state index in [0.717, 1.165) is 44.0 Å². The second kappa shape index (κ2) is 8.18. The second-order valence-corrected chi connectivity index (χ2v) is 8.21. The molecule has 6 heteroatoms. The van der Waals surface area contributed by atoms with E-state index in [1.54, 1.807) is 11.3 Å². The first-order valence-electron chi connectivity index (χ1n) is 9.60. The number of fused-ring (bicyclic) bond motifs is 2. The first-order valence-corrected chi connectivity index (χ1v) is 10.4. The third-order valence-electron chi connectivity index (χ3n) is 5.24. The predicted molar refractivity (Wildman–Crippen MR) is 106 cm³/mol. The number of aryl methyl sites for hydroxylation is 2.